The molecule has 2 atom stereocenters. The van der Waals surface area contributed by atoms with Gasteiger partial charge in [-0.2, -0.15) is 0 Å². The Morgan fingerprint density at radius 2 is 2.27 bits per heavy atom. The minimum absolute atomic E-state index is 0.165. The molecule has 0 fully saturated rings. The molecule has 0 aliphatic heterocycles. The summed E-state index contributed by atoms with van der Waals surface area (Å²) in [6.07, 6.45) is 3.89. The van der Waals surface area contributed by atoms with Gasteiger partial charge in [0.1, 0.15) is 5.76 Å². The van der Waals surface area contributed by atoms with Crippen LogP contribution < -0.4 is 5.32 Å². The van der Waals surface area contributed by atoms with Crippen LogP contribution in [0.1, 0.15) is 38.0 Å². The zero-order valence-corrected chi connectivity index (χ0v) is 9.91. The Balaban J connectivity index is 2.46. The Bertz CT molecular complexity index is 286. The van der Waals surface area contributed by atoms with E-state index in [-0.39, 0.29) is 12.1 Å². The first kappa shape index (κ1) is 12.2. The molecule has 1 N–H and O–H groups in total. The standard InChI is InChI=1S/C11H20N2O2/c1-8(14-4)5-6-10-7-13-11(15-10)9(2)12-3/h7-9,12H,5-6H2,1-4H3. The van der Waals surface area contributed by atoms with E-state index in [1.807, 2.05) is 20.9 Å². The van der Waals surface area contributed by atoms with Gasteiger partial charge in [0.25, 0.3) is 0 Å². The molecule has 0 bridgehead atoms. The second kappa shape index (κ2) is 5.88. The molecule has 86 valence electrons. The molecule has 4 heteroatoms. The van der Waals surface area contributed by atoms with Gasteiger partial charge in [0, 0.05) is 13.5 Å². The molecule has 1 rings (SSSR count). The van der Waals surface area contributed by atoms with Gasteiger partial charge in [-0.25, -0.2) is 4.98 Å². The summed E-state index contributed by atoms with van der Waals surface area (Å²) in [5, 5.41) is 3.09. The highest BCUT2D eigenvalue weighted by atomic mass is 16.5. The van der Waals surface area contributed by atoms with Gasteiger partial charge < -0.3 is 14.5 Å². The van der Waals surface area contributed by atoms with E-state index in [4.69, 9.17) is 9.15 Å². The number of hydrogen-bond donors (Lipinski definition) is 1. The Kier molecular flexibility index (Phi) is 4.78. The predicted octanol–water partition coefficient (Wildman–Crippen LogP) is 1.92. The van der Waals surface area contributed by atoms with Crippen LogP contribution in [0, 0.1) is 0 Å². The summed E-state index contributed by atoms with van der Waals surface area (Å²) < 4.78 is 10.8. The van der Waals surface area contributed by atoms with Crippen molar-refractivity contribution >= 4 is 0 Å². The summed E-state index contributed by atoms with van der Waals surface area (Å²) in [6.45, 7) is 4.07. The lowest BCUT2D eigenvalue weighted by atomic mass is 10.2. The van der Waals surface area contributed by atoms with Gasteiger partial charge in [0.15, 0.2) is 0 Å². The van der Waals surface area contributed by atoms with Gasteiger partial charge in [-0.15, -0.1) is 0 Å². The molecule has 1 aromatic heterocycles. The molecule has 0 aliphatic rings. The van der Waals surface area contributed by atoms with Crippen molar-refractivity contribution in [3.05, 3.63) is 17.8 Å². The number of hydrogen-bond acceptors (Lipinski definition) is 4. The highest BCUT2D eigenvalue weighted by molar-refractivity contribution is 4.97. The van der Waals surface area contributed by atoms with Crippen LogP contribution in [0.15, 0.2) is 10.6 Å². The first-order valence-electron chi connectivity index (χ1n) is 5.32. The van der Waals surface area contributed by atoms with Crippen molar-refractivity contribution < 1.29 is 9.15 Å². The number of nitrogens with one attached hydrogen (secondary N) is 1. The van der Waals surface area contributed by atoms with E-state index < -0.39 is 0 Å². The van der Waals surface area contributed by atoms with Gasteiger partial charge in [0.2, 0.25) is 5.89 Å². The number of rotatable bonds is 6. The third-order valence-corrected chi connectivity index (χ3v) is 2.57. The average Bonchev–Trinajstić information content (AvgIpc) is 2.73. The van der Waals surface area contributed by atoms with Crippen molar-refractivity contribution in [2.45, 2.75) is 38.8 Å². The molecule has 0 aliphatic carbocycles. The minimum atomic E-state index is 0.165. The average molecular weight is 212 g/mol. The van der Waals surface area contributed by atoms with Gasteiger partial charge in [0.05, 0.1) is 18.3 Å². The van der Waals surface area contributed by atoms with Crippen LogP contribution in [0.2, 0.25) is 0 Å². The largest absolute Gasteiger partial charge is 0.444 e. The number of nitrogens with zero attached hydrogens (tertiary/aromatic N) is 1. The van der Waals surface area contributed by atoms with Crippen LogP contribution in [0.3, 0.4) is 0 Å². The van der Waals surface area contributed by atoms with Gasteiger partial charge >= 0.3 is 0 Å². The predicted molar refractivity (Wildman–Crippen MR) is 58.8 cm³/mol. The normalized spacial score (nSPS) is 15.2. The number of ether oxygens (including phenoxy) is 1. The third kappa shape index (κ3) is 3.64. The molecule has 0 spiro atoms. The van der Waals surface area contributed by atoms with Crippen molar-refractivity contribution in [3.63, 3.8) is 0 Å². The highest BCUT2D eigenvalue weighted by Gasteiger charge is 2.10. The lowest BCUT2D eigenvalue weighted by Crippen LogP contribution is -2.12. The number of aromatic nitrogens is 1. The molecular formula is C11H20N2O2. The Hall–Kier alpha value is -0.870. The number of methoxy groups -OCH3 is 1. The van der Waals surface area contributed by atoms with E-state index in [0.717, 1.165) is 24.5 Å². The molecule has 0 radical (unpaired) electrons. The fourth-order valence-corrected chi connectivity index (χ4v) is 1.23. The Morgan fingerprint density at radius 3 is 2.87 bits per heavy atom. The van der Waals surface area contributed by atoms with Crippen molar-refractivity contribution in [1.82, 2.24) is 10.3 Å². The van der Waals surface area contributed by atoms with Crippen molar-refractivity contribution in [2.24, 2.45) is 0 Å². The first-order chi connectivity index (χ1) is 7.17. The molecule has 1 aromatic rings. The van der Waals surface area contributed by atoms with E-state index in [1.54, 1.807) is 13.3 Å². The van der Waals surface area contributed by atoms with E-state index >= 15 is 0 Å². The van der Waals surface area contributed by atoms with Gasteiger partial charge in [-0.05, 0) is 27.3 Å². The molecule has 0 saturated carbocycles. The number of aryl methyl sites for hydroxylation is 1. The zero-order valence-electron chi connectivity index (χ0n) is 9.91. The fourth-order valence-electron chi connectivity index (χ4n) is 1.23. The summed E-state index contributed by atoms with van der Waals surface area (Å²) in [5.41, 5.74) is 0. The molecule has 0 amide bonds. The Morgan fingerprint density at radius 1 is 1.53 bits per heavy atom. The SMILES string of the molecule is CNC(C)c1ncc(CCC(C)OC)o1. The van der Waals surface area contributed by atoms with E-state index in [0.29, 0.717) is 0 Å². The van der Waals surface area contributed by atoms with Gasteiger partial charge in [-0.3, -0.25) is 0 Å². The molecule has 2 unspecified atom stereocenters. The van der Waals surface area contributed by atoms with E-state index in [2.05, 4.69) is 10.3 Å². The Labute approximate surface area is 91.0 Å². The second-order valence-corrected chi connectivity index (χ2v) is 3.76. The van der Waals surface area contributed by atoms with Crippen LogP contribution in [0.25, 0.3) is 0 Å². The maximum atomic E-state index is 5.60. The zero-order chi connectivity index (χ0) is 11.3. The summed E-state index contributed by atoms with van der Waals surface area (Å²) in [6, 6.07) is 0.165. The van der Waals surface area contributed by atoms with Crippen molar-refractivity contribution in [2.75, 3.05) is 14.2 Å². The first-order valence-corrected chi connectivity index (χ1v) is 5.32. The molecular weight excluding hydrogens is 192 g/mol. The molecule has 15 heavy (non-hydrogen) atoms. The molecule has 0 aromatic carbocycles. The van der Waals surface area contributed by atoms with Crippen molar-refractivity contribution in [1.29, 1.82) is 0 Å². The van der Waals surface area contributed by atoms with Gasteiger partial charge in [-0.1, -0.05) is 0 Å². The van der Waals surface area contributed by atoms with E-state index in [9.17, 15) is 0 Å². The molecule has 4 nitrogen and oxygen atoms in total. The van der Waals surface area contributed by atoms with Crippen LogP contribution in [0.5, 0.6) is 0 Å². The van der Waals surface area contributed by atoms with Crippen LogP contribution in [0.4, 0.5) is 0 Å². The van der Waals surface area contributed by atoms with E-state index in [1.165, 1.54) is 0 Å². The maximum Gasteiger partial charge on any atom is 0.211 e. The van der Waals surface area contributed by atoms with Crippen LogP contribution >= 0.6 is 0 Å². The maximum absolute atomic E-state index is 5.60. The van der Waals surface area contributed by atoms with Crippen LogP contribution in [-0.4, -0.2) is 25.2 Å². The minimum Gasteiger partial charge on any atom is -0.444 e. The summed E-state index contributed by atoms with van der Waals surface area (Å²) in [4.78, 5) is 4.22. The topological polar surface area (TPSA) is 47.3 Å². The lowest BCUT2D eigenvalue weighted by molar-refractivity contribution is 0.110. The monoisotopic (exact) mass is 212 g/mol. The highest BCUT2D eigenvalue weighted by Crippen LogP contribution is 2.14. The van der Waals surface area contributed by atoms with Crippen molar-refractivity contribution in [3.8, 4) is 0 Å². The lowest BCUT2D eigenvalue weighted by Gasteiger charge is -2.07. The summed E-state index contributed by atoms with van der Waals surface area (Å²) >= 11 is 0. The van der Waals surface area contributed by atoms with Crippen LogP contribution in [-0.2, 0) is 11.2 Å². The molecule has 0 saturated heterocycles. The fraction of sp³-hybridized carbons (Fsp3) is 0.727. The number of oxazole rings is 1. The molecule has 1 heterocycles. The second-order valence-electron chi connectivity index (χ2n) is 3.76. The quantitative estimate of drug-likeness (QED) is 0.782. The summed E-state index contributed by atoms with van der Waals surface area (Å²) in [7, 11) is 3.61. The summed E-state index contributed by atoms with van der Waals surface area (Å²) in [5.74, 6) is 1.67. The third-order valence-electron chi connectivity index (χ3n) is 2.57. The smallest absolute Gasteiger partial charge is 0.211 e.